The molecule has 1 aromatic rings. The zero-order valence-electron chi connectivity index (χ0n) is 20.4. The van der Waals surface area contributed by atoms with E-state index in [2.05, 4.69) is 59.4 Å². The summed E-state index contributed by atoms with van der Waals surface area (Å²) in [6.07, 6.45) is 7.13. The molecule has 7 nitrogen and oxygen atoms in total. The van der Waals surface area contributed by atoms with Gasteiger partial charge in [-0.3, -0.25) is 19.5 Å². The summed E-state index contributed by atoms with van der Waals surface area (Å²) < 4.78 is 0. The average Bonchev–Trinajstić information content (AvgIpc) is 3.05. The smallest absolute Gasteiger partial charge is 0.234 e. The van der Waals surface area contributed by atoms with Crippen molar-refractivity contribution in [2.75, 3.05) is 46.4 Å². The Morgan fingerprint density at radius 3 is 2.45 bits per heavy atom. The first kappa shape index (κ1) is 24.6. The van der Waals surface area contributed by atoms with Crippen molar-refractivity contribution in [3.63, 3.8) is 0 Å². The average molecular weight is 459 g/mol. The zero-order chi connectivity index (χ0) is 23.5. The third-order valence-corrected chi connectivity index (χ3v) is 8.70. The number of hydrogen-bond acceptors (Lipinski definition) is 6. The Bertz CT molecular complexity index is 777. The number of amides is 1. The highest BCUT2D eigenvalue weighted by molar-refractivity contribution is 5.78. The fourth-order valence-electron chi connectivity index (χ4n) is 6.32. The number of rotatable bonds is 9. The van der Waals surface area contributed by atoms with E-state index in [1.807, 2.05) is 4.90 Å². The van der Waals surface area contributed by atoms with E-state index in [0.717, 1.165) is 38.8 Å². The molecule has 184 valence electrons. The van der Waals surface area contributed by atoms with Crippen molar-refractivity contribution in [3.8, 4) is 0 Å². The highest BCUT2D eigenvalue weighted by Gasteiger charge is 2.55. The van der Waals surface area contributed by atoms with Crippen LogP contribution in [0.3, 0.4) is 0 Å². The third-order valence-electron chi connectivity index (χ3n) is 8.70. The maximum Gasteiger partial charge on any atom is 0.234 e. The van der Waals surface area contributed by atoms with Gasteiger partial charge >= 0.3 is 0 Å². The second-order valence-corrected chi connectivity index (χ2v) is 10.4. The first-order chi connectivity index (χ1) is 15.9. The molecule has 1 atom stereocenters. The van der Waals surface area contributed by atoms with Gasteiger partial charge in [0, 0.05) is 30.7 Å². The van der Waals surface area contributed by atoms with Crippen LogP contribution in [-0.2, 0) is 10.3 Å². The van der Waals surface area contributed by atoms with Crippen LogP contribution < -0.4 is 5.32 Å². The standard InChI is InChI=1S/C26H42N4O3/c1-3-28(2)26(22-10-5-4-6-11-22)14-12-25(13-15-26)20-29(19-23(32)27-16-17-31)24(33)30(25)18-21-8-7-9-21/h4-6,10-11,21,24,31,33H,3,7-9,12-20H2,1-2H3,(H,27,32)/t24?,25-,26+. The fourth-order valence-corrected chi connectivity index (χ4v) is 6.32. The van der Waals surface area contributed by atoms with Crippen molar-refractivity contribution in [2.24, 2.45) is 5.92 Å². The van der Waals surface area contributed by atoms with Crippen molar-refractivity contribution < 1.29 is 15.0 Å². The number of aliphatic hydroxyl groups excluding tert-OH is 2. The Kier molecular flexibility index (Phi) is 7.76. The van der Waals surface area contributed by atoms with E-state index in [1.165, 1.54) is 24.8 Å². The molecule has 1 spiro atoms. The molecule has 0 radical (unpaired) electrons. The Balaban J connectivity index is 1.55. The maximum atomic E-state index is 12.4. The van der Waals surface area contributed by atoms with Crippen LogP contribution in [0.2, 0.25) is 0 Å². The Morgan fingerprint density at radius 2 is 1.88 bits per heavy atom. The minimum Gasteiger partial charge on any atom is -0.395 e. The van der Waals surface area contributed by atoms with Crippen LogP contribution in [0, 0.1) is 5.92 Å². The SMILES string of the molecule is CCN(C)[C@]1(c2ccccc2)CC[C@]2(CC1)CN(CC(=O)NCCO)C(O)N2CC1CCC1. The second-order valence-electron chi connectivity index (χ2n) is 10.4. The molecule has 3 aliphatic rings. The van der Waals surface area contributed by atoms with Crippen molar-refractivity contribution in [2.45, 2.75) is 69.3 Å². The van der Waals surface area contributed by atoms with Crippen LogP contribution in [0.5, 0.6) is 0 Å². The monoisotopic (exact) mass is 458 g/mol. The summed E-state index contributed by atoms with van der Waals surface area (Å²) in [5.41, 5.74) is 1.30. The predicted octanol–water partition coefficient (Wildman–Crippen LogP) is 1.95. The summed E-state index contributed by atoms with van der Waals surface area (Å²) in [5, 5.41) is 23.1. The molecule has 33 heavy (non-hydrogen) atoms. The maximum absolute atomic E-state index is 12.4. The van der Waals surface area contributed by atoms with E-state index in [1.54, 1.807) is 0 Å². The Morgan fingerprint density at radius 1 is 1.18 bits per heavy atom. The summed E-state index contributed by atoms with van der Waals surface area (Å²) in [6, 6.07) is 10.9. The lowest BCUT2D eigenvalue weighted by atomic mass is 9.68. The molecule has 3 N–H and O–H groups in total. The number of carbonyl (C=O) groups is 1. The van der Waals surface area contributed by atoms with Gasteiger partial charge in [0.2, 0.25) is 5.91 Å². The van der Waals surface area contributed by atoms with Crippen molar-refractivity contribution in [1.82, 2.24) is 20.0 Å². The molecule has 7 heteroatoms. The largest absolute Gasteiger partial charge is 0.395 e. The molecule has 2 aliphatic carbocycles. The van der Waals surface area contributed by atoms with Crippen molar-refractivity contribution in [1.29, 1.82) is 0 Å². The summed E-state index contributed by atoms with van der Waals surface area (Å²) in [6.45, 7) is 5.20. The molecule has 1 aliphatic heterocycles. The van der Waals surface area contributed by atoms with E-state index in [4.69, 9.17) is 5.11 Å². The number of hydrogen-bond donors (Lipinski definition) is 3. The quantitative estimate of drug-likeness (QED) is 0.525. The lowest BCUT2D eigenvalue weighted by molar-refractivity contribution is -0.130. The van der Waals surface area contributed by atoms with Gasteiger partial charge in [-0.25, -0.2) is 0 Å². The first-order valence-electron chi connectivity index (χ1n) is 12.8. The van der Waals surface area contributed by atoms with E-state index in [-0.39, 0.29) is 36.7 Å². The molecule has 1 amide bonds. The van der Waals surface area contributed by atoms with E-state index in [0.29, 0.717) is 12.5 Å². The van der Waals surface area contributed by atoms with Crippen LogP contribution in [-0.4, -0.2) is 89.1 Å². The Hall–Kier alpha value is -1.51. The van der Waals surface area contributed by atoms with Gasteiger partial charge in [0.25, 0.3) is 0 Å². The summed E-state index contributed by atoms with van der Waals surface area (Å²) >= 11 is 0. The van der Waals surface area contributed by atoms with Gasteiger partial charge in [0.15, 0.2) is 6.35 Å². The molecular formula is C26H42N4O3. The molecular weight excluding hydrogens is 416 g/mol. The molecule has 1 unspecified atom stereocenters. The molecule has 3 fully saturated rings. The Labute approximate surface area is 198 Å². The van der Waals surface area contributed by atoms with Crippen LogP contribution in [0.1, 0.15) is 57.4 Å². The molecule has 0 aromatic heterocycles. The number of aliphatic hydroxyl groups is 2. The zero-order valence-corrected chi connectivity index (χ0v) is 20.4. The molecule has 4 rings (SSSR count). The predicted molar refractivity (Wildman–Crippen MR) is 129 cm³/mol. The lowest BCUT2D eigenvalue weighted by Gasteiger charge is -2.53. The topological polar surface area (TPSA) is 79.3 Å². The molecule has 0 bridgehead atoms. The van der Waals surface area contributed by atoms with Crippen molar-refractivity contribution >= 4 is 5.91 Å². The van der Waals surface area contributed by atoms with Gasteiger partial charge in [-0.05, 0) is 63.6 Å². The fraction of sp³-hybridized carbons (Fsp3) is 0.731. The van der Waals surface area contributed by atoms with Gasteiger partial charge in [-0.2, -0.15) is 0 Å². The number of carbonyl (C=O) groups excluding carboxylic acids is 1. The number of nitrogens with one attached hydrogen (secondary N) is 1. The van der Waals surface area contributed by atoms with E-state index >= 15 is 0 Å². The number of benzene rings is 1. The van der Waals surface area contributed by atoms with Crippen molar-refractivity contribution in [3.05, 3.63) is 35.9 Å². The van der Waals surface area contributed by atoms with Crippen LogP contribution >= 0.6 is 0 Å². The summed E-state index contributed by atoms with van der Waals surface area (Å²) in [4.78, 5) is 19.1. The van der Waals surface area contributed by atoms with Crippen LogP contribution in [0.4, 0.5) is 0 Å². The summed E-state index contributed by atoms with van der Waals surface area (Å²) in [7, 11) is 2.23. The van der Waals surface area contributed by atoms with E-state index < -0.39 is 6.35 Å². The third kappa shape index (κ3) is 4.84. The van der Waals surface area contributed by atoms with Gasteiger partial charge in [-0.15, -0.1) is 0 Å². The molecule has 1 aromatic carbocycles. The van der Waals surface area contributed by atoms with Gasteiger partial charge in [0.05, 0.1) is 13.2 Å². The summed E-state index contributed by atoms with van der Waals surface area (Å²) in [5.74, 6) is 0.516. The molecule has 1 saturated heterocycles. The highest BCUT2D eigenvalue weighted by atomic mass is 16.3. The van der Waals surface area contributed by atoms with Gasteiger partial charge < -0.3 is 15.5 Å². The number of nitrogens with zero attached hydrogens (tertiary/aromatic N) is 3. The second kappa shape index (κ2) is 10.4. The van der Waals surface area contributed by atoms with Crippen LogP contribution in [0.15, 0.2) is 30.3 Å². The highest BCUT2D eigenvalue weighted by Crippen LogP contribution is 2.50. The molecule has 2 saturated carbocycles. The van der Waals surface area contributed by atoms with Gasteiger partial charge in [0.1, 0.15) is 0 Å². The van der Waals surface area contributed by atoms with Gasteiger partial charge in [-0.1, -0.05) is 43.7 Å². The van der Waals surface area contributed by atoms with E-state index in [9.17, 15) is 9.90 Å². The first-order valence-corrected chi connectivity index (χ1v) is 12.8. The lowest BCUT2D eigenvalue weighted by Crippen LogP contribution is -2.57. The minimum absolute atomic E-state index is 0.0142. The normalized spacial score (nSPS) is 31.2. The minimum atomic E-state index is -0.724. The molecule has 1 heterocycles. The van der Waals surface area contributed by atoms with Crippen LogP contribution in [0.25, 0.3) is 0 Å².